The zero-order valence-corrected chi connectivity index (χ0v) is 11.5. The lowest BCUT2D eigenvalue weighted by atomic mass is 10.1. The number of halogens is 1. The summed E-state index contributed by atoms with van der Waals surface area (Å²) in [7, 11) is 1.44. The Kier molecular flexibility index (Phi) is 6.56. The van der Waals surface area contributed by atoms with Crippen molar-refractivity contribution in [3.8, 4) is 0 Å². The molecule has 0 bridgehead atoms. The molecular formula is C11H20INO2. The van der Waals surface area contributed by atoms with Crippen LogP contribution in [0.2, 0.25) is 0 Å². The molecule has 0 aromatic carbocycles. The molecule has 1 N–H and O–H groups in total. The number of carbonyl (C=O) groups excluding carboxylic acids is 1. The van der Waals surface area contributed by atoms with Crippen LogP contribution in [0.5, 0.6) is 0 Å². The molecule has 3 nitrogen and oxygen atoms in total. The summed E-state index contributed by atoms with van der Waals surface area (Å²) in [5.74, 6) is -0.128. The van der Waals surface area contributed by atoms with Crippen molar-refractivity contribution in [3.05, 3.63) is 0 Å². The molecule has 0 aliphatic heterocycles. The van der Waals surface area contributed by atoms with Crippen molar-refractivity contribution in [2.45, 2.75) is 48.5 Å². The van der Waals surface area contributed by atoms with Crippen LogP contribution in [-0.2, 0) is 9.53 Å². The third kappa shape index (κ3) is 5.15. The van der Waals surface area contributed by atoms with E-state index in [1.807, 2.05) is 0 Å². The Balaban J connectivity index is 2.19. The average Bonchev–Trinajstić information content (AvgIpc) is 2.53. The van der Waals surface area contributed by atoms with Gasteiger partial charge >= 0.3 is 5.97 Å². The maximum absolute atomic E-state index is 11.2. The van der Waals surface area contributed by atoms with E-state index in [2.05, 4.69) is 27.9 Å². The fraction of sp³-hybridized carbons (Fsp3) is 0.909. The summed E-state index contributed by atoms with van der Waals surface area (Å²) < 4.78 is 4.63. The topological polar surface area (TPSA) is 38.3 Å². The summed E-state index contributed by atoms with van der Waals surface area (Å²) in [5, 5.41) is 3.47. The summed E-state index contributed by atoms with van der Waals surface area (Å²) >= 11 is 2.14. The first-order valence-corrected chi connectivity index (χ1v) is 6.94. The number of esters is 1. The monoisotopic (exact) mass is 325 g/mol. The molecule has 88 valence electrons. The van der Waals surface area contributed by atoms with Crippen LogP contribution < -0.4 is 5.32 Å². The SMILES string of the molecule is COC(=O)C(I)CNC1CCCCCC1. The smallest absolute Gasteiger partial charge is 0.319 e. The van der Waals surface area contributed by atoms with Crippen LogP contribution in [0, 0.1) is 0 Å². The van der Waals surface area contributed by atoms with Crippen LogP contribution in [0.4, 0.5) is 0 Å². The minimum atomic E-state index is -0.128. The Morgan fingerprint density at radius 2 is 2.00 bits per heavy atom. The first-order chi connectivity index (χ1) is 7.24. The van der Waals surface area contributed by atoms with Gasteiger partial charge in [0.25, 0.3) is 0 Å². The van der Waals surface area contributed by atoms with Gasteiger partial charge in [-0.25, -0.2) is 0 Å². The summed E-state index contributed by atoms with van der Waals surface area (Å²) in [6, 6.07) is 0.606. The van der Waals surface area contributed by atoms with E-state index < -0.39 is 0 Å². The highest BCUT2D eigenvalue weighted by Gasteiger charge is 2.17. The lowest BCUT2D eigenvalue weighted by molar-refractivity contribution is -0.139. The second-order valence-electron chi connectivity index (χ2n) is 4.09. The van der Waals surface area contributed by atoms with Gasteiger partial charge in [0.15, 0.2) is 0 Å². The molecule has 0 aromatic heterocycles. The predicted molar refractivity (Wildman–Crippen MR) is 69.3 cm³/mol. The molecule has 1 unspecified atom stereocenters. The molecule has 4 heteroatoms. The summed E-state index contributed by atoms with van der Waals surface area (Å²) in [4.78, 5) is 11.2. The normalized spacial score (nSPS) is 20.7. The number of methoxy groups -OCH3 is 1. The van der Waals surface area contributed by atoms with Crippen LogP contribution in [0.15, 0.2) is 0 Å². The molecule has 1 aliphatic carbocycles. The molecule has 1 rings (SSSR count). The van der Waals surface area contributed by atoms with Gasteiger partial charge < -0.3 is 10.1 Å². The van der Waals surface area contributed by atoms with Crippen molar-refractivity contribution in [2.24, 2.45) is 0 Å². The molecule has 1 fully saturated rings. The van der Waals surface area contributed by atoms with Crippen LogP contribution in [-0.4, -0.2) is 29.6 Å². The fourth-order valence-electron chi connectivity index (χ4n) is 1.96. The van der Waals surface area contributed by atoms with Crippen LogP contribution in [0.3, 0.4) is 0 Å². The van der Waals surface area contributed by atoms with E-state index in [-0.39, 0.29) is 9.89 Å². The third-order valence-corrected chi connectivity index (χ3v) is 3.85. The van der Waals surface area contributed by atoms with Crippen molar-refractivity contribution >= 4 is 28.6 Å². The standard InChI is InChI=1S/C11H20INO2/c1-15-11(14)10(12)8-13-9-6-4-2-3-5-7-9/h9-10,13H,2-8H2,1H3. The molecule has 0 heterocycles. The van der Waals surface area contributed by atoms with E-state index in [1.54, 1.807) is 0 Å². The molecule has 0 aromatic rings. The number of nitrogens with one attached hydrogen (secondary N) is 1. The second kappa shape index (κ2) is 7.44. The first-order valence-electron chi connectivity index (χ1n) is 5.69. The number of rotatable bonds is 4. The quantitative estimate of drug-likeness (QED) is 0.373. The Morgan fingerprint density at radius 1 is 1.40 bits per heavy atom. The van der Waals surface area contributed by atoms with Gasteiger partial charge in [0.2, 0.25) is 0 Å². The summed E-state index contributed by atoms with van der Waals surface area (Å²) in [6.45, 7) is 0.734. The highest BCUT2D eigenvalue weighted by Crippen LogP contribution is 2.17. The van der Waals surface area contributed by atoms with Crippen LogP contribution in [0.25, 0.3) is 0 Å². The van der Waals surface area contributed by atoms with Crippen LogP contribution in [0.1, 0.15) is 38.5 Å². The molecule has 0 radical (unpaired) electrons. The van der Waals surface area contributed by atoms with Crippen molar-refractivity contribution in [1.29, 1.82) is 0 Å². The van der Waals surface area contributed by atoms with Gasteiger partial charge in [-0.3, -0.25) is 4.79 Å². The maximum atomic E-state index is 11.2. The summed E-state index contributed by atoms with van der Waals surface area (Å²) in [5.41, 5.74) is 0. The van der Waals surface area contributed by atoms with Crippen molar-refractivity contribution < 1.29 is 9.53 Å². The minimum absolute atomic E-state index is 0.0594. The third-order valence-electron chi connectivity index (χ3n) is 2.90. The molecule has 0 spiro atoms. The summed E-state index contributed by atoms with van der Waals surface area (Å²) in [6.07, 6.45) is 7.88. The van der Waals surface area contributed by atoms with E-state index in [1.165, 1.54) is 45.6 Å². The molecule has 1 atom stereocenters. The number of ether oxygens (including phenoxy) is 1. The maximum Gasteiger partial charge on any atom is 0.319 e. The minimum Gasteiger partial charge on any atom is -0.468 e. The van der Waals surface area contributed by atoms with Gasteiger partial charge in [0.05, 0.1) is 7.11 Å². The fourth-order valence-corrected chi connectivity index (χ4v) is 2.47. The zero-order valence-electron chi connectivity index (χ0n) is 9.30. The molecular weight excluding hydrogens is 305 g/mol. The van der Waals surface area contributed by atoms with Crippen molar-refractivity contribution in [2.75, 3.05) is 13.7 Å². The Bertz CT molecular complexity index is 191. The molecule has 15 heavy (non-hydrogen) atoms. The van der Waals surface area contributed by atoms with E-state index >= 15 is 0 Å². The zero-order chi connectivity index (χ0) is 11.1. The molecule has 0 amide bonds. The van der Waals surface area contributed by atoms with Crippen molar-refractivity contribution in [1.82, 2.24) is 5.32 Å². The highest BCUT2D eigenvalue weighted by molar-refractivity contribution is 14.1. The molecule has 1 aliphatic rings. The van der Waals surface area contributed by atoms with Gasteiger partial charge in [-0.2, -0.15) is 0 Å². The predicted octanol–water partition coefficient (Wildman–Crippen LogP) is 2.28. The number of alkyl halides is 1. The second-order valence-corrected chi connectivity index (χ2v) is 5.59. The molecule has 1 saturated carbocycles. The molecule has 0 saturated heterocycles. The number of hydrogen-bond donors (Lipinski definition) is 1. The van der Waals surface area contributed by atoms with Crippen LogP contribution >= 0.6 is 22.6 Å². The van der Waals surface area contributed by atoms with E-state index in [0.29, 0.717) is 6.04 Å². The Labute approximate surface area is 105 Å². The van der Waals surface area contributed by atoms with E-state index in [0.717, 1.165) is 6.54 Å². The Hall–Kier alpha value is 0.160. The first kappa shape index (κ1) is 13.2. The van der Waals surface area contributed by atoms with Gasteiger partial charge in [-0.1, -0.05) is 48.3 Å². The highest BCUT2D eigenvalue weighted by atomic mass is 127. The average molecular weight is 325 g/mol. The lowest BCUT2D eigenvalue weighted by Gasteiger charge is -2.17. The largest absolute Gasteiger partial charge is 0.468 e. The van der Waals surface area contributed by atoms with Crippen molar-refractivity contribution in [3.63, 3.8) is 0 Å². The van der Waals surface area contributed by atoms with Gasteiger partial charge in [-0.15, -0.1) is 0 Å². The van der Waals surface area contributed by atoms with E-state index in [4.69, 9.17) is 4.74 Å². The van der Waals surface area contributed by atoms with E-state index in [9.17, 15) is 4.79 Å². The number of hydrogen-bond acceptors (Lipinski definition) is 3. The Morgan fingerprint density at radius 3 is 2.53 bits per heavy atom. The van der Waals surface area contributed by atoms with Gasteiger partial charge in [-0.05, 0) is 12.8 Å². The van der Waals surface area contributed by atoms with Gasteiger partial charge in [0, 0.05) is 12.6 Å². The van der Waals surface area contributed by atoms with Gasteiger partial charge in [0.1, 0.15) is 3.92 Å². The number of carbonyl (C=O) groups is 1. The lowest BCUT2D eigenvalue weighted by Crippen LogP contribution is -2.36.